The fourth-order valence-electron chi connectivity index (χ4n) is 1.09. The van der Waals surface area contributed by atoms with Crippen molar-refractivity contribution in [2.75, 3.05) is 13.1 Å². The van der Waals surface area contributed by atoms with Gasteiger partial charge < -0.3 is 31.7 Å². The molecule has 0 aliphatic rings. The predicted octanol–water partition coefficient (Wildman–Crippen LogP) is 1.49. The number of carboxylic acids is 3. The molecule has 0 fully saturated rings. The van der Waals surface area contributed by atoms with E-state index in [1.807, 2.05) is 10.6 Å². The lowest BCUT2D eigenvalue weighted by molar-refractivity contribution is -0.140. The maximum absolute atomic E-state index is 11.0. The second-order valence-corrected chi connectivity index (χ2v) is 7.19. The minimum atomic E-state index is -1.39. The van der Waals surface area contributed by atoms with Crippen LogP contribution >= 0.6 is 0 Å². The van der Waals surface area contributed by atoms with Gasteiger partial charge in [0.2, 0.25) is 0 Å². The number of carbonyl (C=O) groups excluding carboxylic acids is 1. The largest absolute Gasteiger partial charge is 0.481 e. The molecule has 0 aromatic carbocycles. The van der Waals surface area contributed by atoms with Crippen molar-refractivity contribution in [3.63, 3.8) is 0 Å². The fraction of sp³-hybridized carbons (Fsp3) is 0.765. The molecule has 0 rings (SSSR count). The molecule has 1 atom stereocenters. The normalized spacial score (nSPS) is 10.9. The van der Waals surface area contributed by atoms with E-state index in [0.29, 0.717) is 5.41 Å². The number of nitrogens with one attached hydrogen (secondary N) is 2. The van der Waals surface area contributed by atoms with Gasteiger partial charge in [-0.15, -0.1) is 0 Å². The molecule has 27 heavy (non-hydrogen) atoms. The van der Waals surface area contributed by atoms with E-state index in [2.05, 4.69) is 34.6 Å². The Kier molecular flexibility index (Phi) is 18.6. The third-order valence-electron chi connectivity index (χ3n) is 2.21. The Morgan fingerprint density at radius 2 is 1.48 bits per heavy atom. The molecule has 2 amide bonds. The van der Waals surface area contributed by atoms with Gasteiger partial charge in [-0.05, 0) is 24.8 Å². The topological polar surface area (TPSA) is 179 Å². The van der Waals surface area contributed by atoms with Gasteiger partial charge in [-0.3, -0.25) is 9.59 Å². The highest BCUT2D eigenvalue weighted by Gasteiger charge is 2.20. The van der Waals surface area contributed by atoms with Crippen molar-refractivity contribution in [3.8, 4) is 0 Å². The first-order valence-electron chi connectivity index (χ1n) is 8.65. The van der Waals surface area contributed by atoms with Crippen LogP contribution in [0.4, 0.5) is 4.79 Å². The molecule has 0 heterocycles. The van der Waals surface area contributed by atoms with E-state index in [4.69, 9.17) is 21.1 Å². The van der Waals surface area contributed by atoms with Crippen molar-refractivity contribution in [1.29, 1.82) is 0 Å². The molecule has 7 N–H and O–H groups in total. The standard InChI is InChI=1S/C8H12N2O7.C5H12.C4H11N/c11-5(12)2-1-4(7(15)16)10-8(17)9-3-6(13)14;1-5(2,3)4;1-2-3-4-5/h4H,1-3H2,(H,11,12)(H,13,14)(H,15,16)(H2,9,10,17);1-4H3;2-5H2,1H3/t4-;;/m0../s1. The van der Waals surface area contributed by atoms with E-state index in [0.717, 1.165) is 6.54 Å². The quantitative estimate of drug-likeness (QED) is 0.341. The molecule has 0 aliphatic heterocycles. The van der Waals surface area contributed by atoms with Gasteiger partial charge in [0.05, 0.1) is 0 Å². The maximum Gasteiger partial charge on any atom is 0.326 e. The Morgan fingerprint density at radius 3 is 1.74 bits per heavy atom. The van der Waals surface area contributed by atoms with Crippen LogP contribution in [-0.2, 0) is 14.4 Å². The van der Waals surface area contributed by atoms with Gasteiger partial charge in [0.25, 0.3) is 0 Å². The van der Waals surface area contributed by atoms with E-state index in [1.165, 1.54) is 12.8 Å². The van der Waals surface area contributed by atoms with Crippen LogP contribution < -0.4 is 16.4 Å². The maximum atomic E-state index is 11.0. The van der Waals surface area contributed by atoms with Gasteiger partial charge in [0, 0.05) is 6.42 Å². The van der Waals surface area contributed by atoms with Crippen LogP contribution in [0.1, 0.15) is 60.3 Å². The van der Waals surface area contributed by atoms with Crippen molar-refractivity contribution in [2.24, 2.45) is 11.1 Å². The minimum Gasteiger partial charge on any atom is -0.481 e. The number of urea groups is 1. The molecule has 0 saturated heterocycles. The van der Waals surface area contributed by atoms with Crippen LogP contribution in [-0.4, -0.2) is 58.4 Å². The van der Waals surface area contributed by atoms with Gasteiger partial charge >= 0.3 is 23.9 Å². The van der Waals surface area contributed by atoms with Crippen LogP contribution in [0.3, 0.4) is 0 Å². The van der Waals surface area contributed by atoms with Gasteiger partial charge in [-0.2, -0.15) is 0 Å². The van der Waals surface area contributed by atoms with Crippen LogP contribution in [0.25, 0.3) is 0 Å². The van der Waals surface area contributed by atoms with E-state index in [9.17, 15) is 19.2 Å². The van der Waals surface area contributed by atoms with Crippen molar-refractivity contribution in [2.45, 2.75) is 66.3 Å². The van der Waals surface area contributed by atoms with Gasteiger partial charge in [0.15, 0.2) is 0 Å². The first kappa shape index (κ1) is 29.4. The summed E-state index contributed by atoms with van der Waals surface area (Å²) in [6, 6.07) is -2.36. The molecule has 0 radical (unpaired) electrons. The lowest BCUT2D eigenvalue weighted by Gasteiger charge is -2.13. The molecule has 0 aliphatic carbocycles. The summed E-state index contributed by atoms with van der Waals surface area (Å²) in [5.41, 5.74) is 5.64. The number of hydrogen-bond acceptors (Lipinski definition) is 5. The van der Waals surface area contributed by atoms with Crippen molar-refractivity contribution < 1.29 is 34.5 Å². The molecule has 0 spiro atoms. The summed E-state index contributed by atoms with van der Waals surface area (Å²) >= 11 is 0. The summed E-state index contributed by atoms with van der Waals surface area (Å²) < 4.78 is 0. The van der Waals surface area contributed by atoms with E-state index in [-0.39, 0.29) is 6.42 Å². The van der Waals surface area contributed by atoms with Crippen LogP contribution in [0, 0.1) is 5.41 Å². The summed E-state index contributed by atoms with van der Waals surface area (Å²) in [5, 5.41) is 29.1. The van der Waals surface area contributed by atoms with E-state index >= 15 is 0 Å². The molecular weight excluding hydrogens is 358 g/mol. The minimum absolute atomic E-state index is 0.287. The summed E-state index contributed by atoms with van der Waals surface area (Å²) in [6.45, 7) is 11.1. The first-order chi connectivity index (χ1) is 12.2. The molecule has 0 unspecified atom stereocenters. The molecule has 0 aromatic heterocycles. The average Bonchev–Trinajstić information content (AvgIpc) is 2.48. The number of carboxylic acid groups (broad SMARTS) is 3. The van der Waals surface area contributed by atoms with Crippen LogP contribution in [0.2, 0.25) is 0 Å². The zero-order chi connectivity index (χ0) is 22.0. The van der Waals surface area contributed by atoms with E-state index in [1.54, 1.807) is 0 Å². The van der Waals surface area contributed by atoms with Crippen molar-refractivity contribution in [3.05, 3.63) is 0 Å². The summed E-state index contributed by atoms with van der Waals surface area (Å²) in [6.07, 6.45) is 1.68. The Balaban J connectivity index is -0.000000471. The third kappa shape index (κ3) is 35.6. The second kappa shape index (κ2) is 17.1. The van der Waals surface area contributed by atoms with Crippen LogP contribution in [0.5, 0.6) is 0 Å². The monoisotopic (exact) mass is 393 g/mol. The van der Waals surface area contributed by atoms with Crippen LogP contribution in [0.15, 0.2) is 0 Å². The summed E-state index contributed by atoms with van der Waals surface area (Å²) in [4.78, 5) is 42.0. The Labute approximate surface area is 160 Å². The molecule has 160 valence electrons. The first-order valence-corrected chi connectivity index (χ1v) is 8.65. The molecule has 10 heteroatoms. The third-order valence-corrected chi connectivity index (χ3v) is 2.21. The number of nitrogens with two attached hydrogens (primary N) is 1. The highest BCUT2D eigenvalue weighted by molar-refractivity contribution is 5.85. The highest BCUT2D eigenvalue weighted by Crippen LogP contribution is 2.08. The van der Waals surface area contributed by atoms with Gasteiger partial charge in [0.1, 0.15) is 12.6 Å². The number of aliphatic carboxylic acids is 3. The fourth-order valence-corrected chi connectivity index (χ4v) is 1.09. The van der Waals surface area contributed by atoms with Gasteiger partial charge in [-0.1, -0.05) is 41.0 Å². The van der Waals surface area contributed by atoms with Crippen molar-refractivity contribution >= 4 is 23.9 Å². The zero-order valence-electron chi connectivity index (χ0n) is 16.9. The second-order valence-electron chi connectivity index (χ2n) is 7.19. The predicted molar refractivity (Wildman–Crippen MR) is 102 cm³/mol. The van der Waals surface area contributed by atoms with Crippen molar-refractivity contribution in [1.82, 2.24) is 10.6 Å². The molecular formula is C17H35N3O7. The SMILES string of the molecule is CC(C)(C)C.CCCCN.O=C(O)CC[C@H](NC(=O)NCC(=O)O)C(=O)O. The van der Waals surface area contributed by atoms with Gasteiger partial charge in [-0.25, -0.2) is 9.59 Å². The summed E-state index contributed by atoms with van der Waals surface area (Å²) in [7, 11) is 0. The average molecular weight is 393 g/mol. The lowest BCUT2D eigenvalue weighted by atomic mass is 10.0. The molecule has 0 bridgehead atoms. The Morgan fingerprint density at radius 1 is 1.00 bits per heavy atom. The van der Waals surface area contributed by atoms with E-state index < -0.39 is 42.9 Å². The Bertz CT molecular complexity index is 440. The number of amides is 2. The Hall–Kier alpha value is -2.36. The smallest absolute Gasteiger partial charge is 0.326 e. The zero-order valence-corrected chi connectivity index (χ0v) is 16.9. The highest BCUT2D eigenvalue weighted by atomic mass is 16.4. The summed E-state index contributed by atoms with van der Waals surface area (Å²) in [5.74, 6) is -3.86. The molecule has 0 saturated carbocycles. The number of carbonyl (C=O) groups is 4. The molecule has 0 aromatic rings. The number of rotatable bonds is 9. The number of hydrogen-bond donors (Lipinski definition) is 6. The lowest BCUT2D eigenvalue weighted by Crippen LogP contribution is -2.47. The molecule has 10 nitrogen and oxygen atoms in total. The number of unbranched alkanes of at least 4 members (excludes halogenated alkanes) is 1.